The van der Waals surface area contributed by atoms with Gasteiger partial charge in [0.05, 0.1) is 43.9 Å². The van der Waals surface area contributed by atoms with Crippen molar-refractivity contribution in [1.82, 2.24) is 4.98 Å². The minimum atomic E-state index is 0.221. The molecule has 0 aliphatic rings. The van der Waals surface area contributed by atoms with E-state index in [0.717, 1.165) is 11.4 Å². The highest BCUT2D eigenvalue weighted by Gasteiger charge is 2.00. The van der Waals surface area contributed by atoms with Crippen molar-refractivity contribution in [1.29, 1.82) is 0 Å². The van der Waals surface area contributed by atoms with Crippen LogP contribution in [0.15, 0.2) is 18.2 Å². The highest BCUT2D eigenvalue weighted by molar-refractivity contribution is 5.09. The fourth-order valence-electron chi connectivity index (χ4n) is 1.26. The maximum Gasteiger partial charge on any atom is 0.0891 e. The van der Waals surface area contributed by atoms with Gasteiger partial charge in [-0.2, -0.15) is 0 Å². The smallest absolute Gasteiger partial charge is 0.0891 e. The topological polar surface area (TPSA) is 40.6 Å². The first-order chi connectivity index (χ1) is 8.22. The molecule has 1 rings (SSSR count). The molecule has 0 aromatic carbocycles. The lowest BCUT2D eigenvalue weighted by Crippen LogP contribution is -2.06. The third-order valence-corrected chi connectivity index (χ3v) is 2.11. The summed E-state index contributed by atoms with van der Waals surface area (Å²) >= 11 is 0. The molecule has 0 unspecified atom stereocenters. The Morgan fingerprint density at radius 3 is 2.47 bits per heavy atom. The maximum atomic E-state index is 5.50. The molecule has 1 aromatic heterocycles. The van der Waals surface area contributed by atoms with Gasteiger partial charge in [-0.05, 0) is 26.0 Å². The summed E-state index contributed by atoms with van der Waals surface area (Å²) in [5, 5.41) is 0. The number of methoxy groups -OCH3 is 1. The first kappa shape index (κ1) is 14.1. The van der Waals surface area contributed by atoms with Gasteiger partial charge < -0.3 is 14.2 Å². The second kappa shape index (κ2) is 8.17. The molecule has 0 fully saturated rings. The Kier molecular flexibility index (Phi) is 6.77. The second-order valence-electron chi connectivity index (χ2n) is 4.03. The average Bonchev–Trinajstić information content (AvgIpc) is 2.33. The van der Waals surface area contributed by atoms with Crippen LogP contribution < -0.4 is 0 Å². The van der Waals surface area contributed by atoms with Crippen LogP contribution in [0.5, 0.6) is 0 Å². The highest BCUT2D eigenvalue weighted by atomic mass is 16.5. The van der Waals surface area contributed by atoms with E-state index in [1.165, 1.54) is 0 Å². The number of nitrogens with zero attached hydrogens (tertiary/aromatic N) is 1. The summed E-state index contributed by atoms with van der Waals surface area (Å²) in [4.78, 5) is 4.45. The molecular formula is C13H21NO3. The van der Waals surface area contributed by atoms with Crippen LogP contribution >= 0.6 is 0 Å². The van der Waals surface area contributed by atoms with Gasteiger partial charge in [0.2, 0.25) is 0 Å². The van der Waals surface area contributed by atoms with Gasteiger partial charge in [-0.1, -0.05) is 6.07 Å². The predicted molar refractivity (Wildman–Crippen MR) is 65.7 cm³/mol. The normalized spacial score (nSPS) is 11.1. The van der Waals surface area contributed by atoms with Crippen molar-refractivity contribution in [2.24, 2.45) is 0 Å². The Morgan fingerprint density at radius 1 is 1.12 bits per heavy atom. The quantitative estimate of drug-likeness (QED) is 0.652. The van der Waals surface area contributed by atoms with Crippen molar-refractivity contribution in [3.8, 4) is 0 Å². The molecule has 0 radical (unpaired) electrons. The van der Waals surface area contributed by atoms with E-state index in [9.17, 15) is 0 Å². The molecule has 0 saturated carbocycles. The van der Waals surface area contributed by atoms with Gasteiger partial charge in [0.1, 0.15) is 0 Å². The van der Waals surface area contributed by atoms with Crippen LogP contribution in [0.1, 0.15) is 25.2 Å². The minimum Gasteiger partial charge on any atom is -0.382 e. The van der Waals surface area contributed by atoms with Gasteiger partial charge >= 0.3 is 0 Å². The van der Waals surface area contributed by atoms with Gasteiger partial charge in [-0.3, -0.25) is 4.98 Å². The Bertz CT molecular complexity index is 315. The predicted octanol–water partition coefficient (Wildman–Crippen LogP) is 2.17. The first-order valence-electron chi connectivity index (χ1n) is 5.85. The van der Waals surface area contributed by atoms with Crippen molar-refractivity contribution < 1.29 is 14.2 Å². The molecule has 0 saturated heterocycles. The molecular weight excluding hydrogens is 218 g/mol. The standard InChI is InChI=1S/C13H21NO3/c1-11(2)17-10-13-6-4-5-12(14-13)9-16-8-7-15-3/h4-6,11H,7-10H2,1-3H3. The van der Waals surface area contributed by atoms with Crippen LogP contribution in [0.2, 0.25) is 0 Å². The van der Waals surface area contributed by atoms with E-state index in [-0.39, 0.29) is 6.10 Å². The zero-order valence-corrected chi connectivity index (χ0v) is 10.8. The summed E-state index contributed by atoms with van der Waals surface area (Å²) in [6.07, 6.45) is 0.221. The van der Waals surface area contributed by atoms with Crippen molar-refractivity contribution in [2.75, 3.05) is 20.3 Å². The van der Waals surface area contributed by atoms with Crippen LogP contribution in [-0.2, 0) is 27.4 Å². The lowest BCUT2D eigenvalue weighted by atomic mass is 10.3. The number of aromatic nitrogens is 1. The van der Waals surface area contributed by atoms with Crippen LogP contribution in [0.3, 0.4) is 0 Å². The van der Waals surface area contributed by atoms with Crippen LogP contribution in [0, 0.1) is 0 Å². The number of rotatable bonds is 8. The van der Waals surface area contributed by atoms with Gasteiger partial charge in [0.25, 0.3) is 0 Å². The van der Waals surface area contributed by atoms with E-state index in [0.29, 0.717) is 26.4 Å². The van der Waals surface area contributed by atoms with E-state index in [2.05, 4.69) is 4.98 Å². The van der Waals surface area contributed by atoms with Crippen LogP contribution in [-0.4, -0.2) is 31.4 Å². The Hall–Kier alpha value is -0.970. The zero-order chi connectivity index (χ0) is 12.5. The monoisotopic (exact) mass is 239 g/mol. The molecule has 1 heterocycles. The van der Waals surface area contributed by atoms with Crippen molar-refractivity contribution in [3.63, 3.8) is 0 Å². The summed E-state index contributed by atoms with van der Waals surface area (Å²) in [5.74, 6) is 0. The number of hydrogen-bond acceptors (Lipinski definition) is 4. The van der Waals surface area contributed by atoms with E-state index in [1.54, 1.807) is 7.11 Å². The van der Waals surface area contributed by atoms with Crippen LogP contribution in [0.4, 0.5) is 0 Å². The summed E-state index contributed by atoms with van der Waals surface area (Å²) in [6.45, 7) is 6.28. The zero-order valence-electron chi connectivity index (χ0n) is 10.8. The second-order valence-corrected chi connectivity index (χ2v) is 4.03. The van der Waals surface area contributed by atoms with E-state index < -0.39 is 0 Å². The summed E-state index contributed by atoms with van der Waals surface area (Å²) < 4.78 is 15.8. The van der Waals surface area contributed by atoms with Gasteiger partial charge in [0.15, 0.2) is 0 Å². The Morgan fingerprint density at radius 2 is 1.82 bits per heavy atom. The summed E-state index contributed by atoms with van der Waals surface area (Å²) in [5.41, 5.74) is 1.86. The minimum absolute atomic E-state index is 0.221. The molecule has 0 aliphatic carbocycles. The molecule has 0 N–H and O–H groups in total. The highest BCUT2D eigenvalue weighted by Crippen LogP contribution is 2.04. The molecule has 17 heavy (non-hydrogen) atoms. The summed E-state index contributed by atoms with van der Waals surface area (Å²) in [7, 11) is 1.66. The molecule has 0 atom stereocenters. The maximum absolute atomic E-state index is 5.50. The third kappa shape index (κ3) is 6.36. The van der Waals surface area contributed by atoms with Gasteiger partial charge in [0, 0.05) is 7.11 Å². The molecule has 0 amide bonds. The van der Waals surface area contributed by atoms with Crippen molar-refractivity contribution >= 4 is 0 Å². The SMILES string of the molecule is COCCOCc1cccc(COC(C)C)n1. The van der Waals surface area contributed by atoms with Crippen LogP contribution in [0.25, 0.3) is 0 Å². The molecule has 0 aliphatic heterocycles. The fourth-order valence-corrected chi connectivity index (χ4v) is 1.26. The molecule has 4 heteroatoms. The number of pyridine rings is 1. The van der Waals surface area contributed by atoms with Crippen molar-refractivity contribution in [2.45, 2.75) is 33.2 Å². The van der Waals surface area contributed by atoms with E-state index >= 15 is 0 Å². The van der Waals surface area contributed by atoms with Gasteiger partial charge in [-0.25, -0.2) is 0 Å². The summed E-state index contributed by atoms with van der Waals surface area (Å²) in [6, 6.07) is 5.88. The molecule has 96 valence electrons. The van der Waals surface area contributed by atoms with E-state index in [4.69, 9.17) is 14.2 Å². The molecule has 4 nitrogen and oxygen atoms in total. The third-order valence-electron chi connectivity index (χ3n) is 2.11. The first-order valence-corrected chi connectivity index (χ1v) is 5.85. The molecule has 0 spiro atoms. The lowest BCUT2D eigenvalue weighted by Gasteiger charge is -2.08. The molecule has 0 bridgehead atoms. The van der Waals surface area contributed by atoms with Crippen molar-refractivity contribution in [3.05, 3.63) is 29.6 Å². The van der Waals surface area contributed by atoms with E-state index in [1.807, 2.05) is 32.0 Å². The van der Waals surface area contributed by atoms with Gasteiger partial charge in [-0.15, -0.1) is 0 Å². The number of hydrogen-bond donors (Lipinski definition) is 0. The number of ether oxygens (including phenoxy) is 3. The average molecular weight is 239 g/mol. The fraction of sp³-hybridized carbons (Fsp3) is 0.615. The Balaban J connectivity index is 2.37. The Labute approximate surface area is 103 Å². The molecule has 1 aromatic rings. The largest absolute Gasteiger partial charge is 0.382 e. The lowest BCUT2D eigenvalue weighted by molar-refractivity contribution is 0.0571.